The highest BCUT2D eigenvalue weighted by atomic mass is 35.5. The minimum Gasteiger partial charge on any atom is -0.308 e. The van der Waals surface area contributed by atoms with Gasteiger partial charge in [-0.15, -0.1) is 0 Å². The number of anilines is 2. The molecule has 0 saturated heterocycles. The van der Waals surface area contributed by atoms with Gasteiger partial charge in [0.05, 0.1) is 5.02 Å². The molecule has 154 valence electrons. The molecule has 0 saturated carbocycles. The minimum absolute atomic E-state index is 0.0599. The van der Waals surface area contributed by atoms with Gasteiger partial charge in [-0.05, 0) is 73.4 Å². The Morgan fingerprint density at radius 2 is 1.77 bits per heavy atom. The highest BCUT2D eigenvalue weighted by Gasteiger charge is 2.27. The largest absolute Gasteiger partial charge is 0.308 e. The lowest BCUT2D eigenvalue weighted by molar-refractivity contribution is 0.0989. The number of carbonyl (C=O) groups is 1. The smallest absolute Gasteiger partial charge is 0.263 e. The maximum atomic E-state index is 13.1. The van der Waals surface area contributed by atoms with Crippen LogP contribution in [0.5, 0.6) is 0 Å². The third kappa shape index (κ3) is 3.80. The average molecular weight is 441 g/mol. The molecule has 3 aromatic rings. The van der Waals surface area contributed by atoms with Gasteiger partial charge in [0, 0.05) is 23.5 Å². The molecule has 0 aliphatic carbocycles. The number of hydrogen-bond acceptors (Lipinski definition) is 3. The van der Waals surface area contributed by atoms with E-state index in [1.54, 1.807) is 23.1 Å². The van der Waals surface area contributed by atoms with E-state index in [0.29, 0.717) is 12.2 Å². The van der Waals surface area contributed by atoms with Crippen LogP contribution in [0.3, 0.4) is 0 Å². The number of halogens is 1. The van der Waals surface area contributed by atoms with Crippen LogP contribution in [0, 0.1) is 13.8 Å². The maximum absolute atomic E-state index is 13.1. The lowest BCUT2D eigenvalue weighted by Gasteiger charge is -2.18. The second kappa shape index (κ2) is 7.78. The zero-order valence-electron chi connectivity index (χ0n) is 16.6. The van der Waals surface area contributed by atoms with E-state index in [-0.39, 0.29) is 21.4 Å². The van der Waals surface area contributed by atoms with Crippen molar-refractivity contribution in [2.75, 3.05) is 16.2 Å². The number of amides is 1. The van der Waals surface area contributed by atoms with E-state index < -0.39 is 10.0 Å². The van der Waals surface area contributed by atoms with Gasteiger partial charge in [0.1, 0.15) is 4.90 Å². The second-order valence-corrected chi connectivity index (χ2v) is 9.44. The summed E-state index contributed by atoms with van der Waals surface area (Å²) in [5.41, 5.74) is 4.71. The molecule has 0 aromatic heterocycles. The second-order valence-electron chi connectivity index (χ2n) is 7.39. The Balaban J connectivity index is 1.66. The van der Waals surface area contributed by atoms with Gasteiger partial charge in [-0.2, -0.15) is 0 Å². The Morgan fingerprint density at radius 1 is 1.00 bits per heavy atom. The lowest BCUT2D eigenvalue weighted by atomic mass is 10.1. The number of hydrogen-bond donors (Lipinski definition) is 1. The van der Waals surface area contributed by atoms with Crippen LogP contribution >= 0.6 is 11.6 Å². The molecule has 0 bridgehead atoms. The van der Waals surface area contributed by atoms with Gasteiger partial charge in [-0.3, -0.25) is 9.52 Å². The predicted octanol–water partition coefficient (Wildman–Crippen LogP) is 4.96. The third-order valence-electron chi connectivity index (χ3n) is 5.36. The third-order valence-corrected chi connectivity index (χ3v) is 7.22. The van der Waals surface area contributed by atoms with Crippen molar-refractivity contribution in [2.24, 2.45) is 0 Å². The summed E-state index contributed by atoms with van der Waals surface area (Å²) in [6.07, 6.45) is 0.773. The van der Waals surface area contributed by atoms with Gasteiger partial charge >= 0.3 is 0 Å². The van der Waals surface area contributed by atoms with Crippen molar-refractivity contribution in [3.05, 3.63) is 87.9 Å². The Hall–Kier alpha value is -2.83. The van der Waals surface area contributed by atoms with Gasteiger partial charge in [0.15, 0.2) is 0 Å². The number of fused-ring (bicyclic) bond motifs is 1. The first-order valence-corrected chi connectivity index (χ1v) is 11.4. The summed E-state index contributed by atoms with van der Waals surface area (Å²) in [5, 5.41) is 0.0599. The van der Waals surface area contributed by atoms with Crippen LogP contribution < -0.4 is 9.62 Å². The van der Waals surface area contributed by atoms with Crippen molar-refractivity contribution in [2.45, 2.75) is 25.2 Å². The molecule has 0 radical (unpaired) electrons. The van der Waals surface area contributed by atoms with Crippen LogP contribution in [0.25, 0.3) is 0 Å². The Morgan fingerprint density at radius 3 is 2.53 bits per heavy atom. The quantitative estimate of drug-likeness (QED) is 0.623. The molecule has 0 atom stereocenters. The lowest BCUT2D eigenvalue weighted by Crippen LogP contribution is -2.29. The number of nitrogens with zero attached hydrogens (tertiary/aromatic N) is 1. The Bertz CT molecular complexity index is 1260. The normalized spacial score (nSPS) is 13.2. The summed E-state index contributed by atoms with van der Waals surface area (Å²) >= 11 is 6.20. The molecule has 4 rings (SSSR count). The van der Waals surface area contributed by atoms with Crippen molar-refractivity contribution in [3.63, 3.8) is 0 Å². The van der Waals surface area contributed by atoms with Crippen molar-refractivity contribution in [1.82, 2.24) is 0 Å². The average Bonchev–Trinajstić information content (AvgIpc) is 3.14. The highest BCUT2D eigenvalue weighted by molar-refractivity contribution is 7.92. The molecule has 0 fully saturated rings. The van der Waals surface area contributed by atoms with Crippen LogP contribution in [0.1, 0.15) is 27.0 Å². The molecular weight excluding hydrogens is 420 g/mol. The number of nitrogens with one attached hydrogen (secondary N) is 1. The van der Waals surface area contributed by atoms with Crippen LogP contribution in [0.4, 0.5) is 11.4 Å². The monoisotopic (exact) mass is 440 g/mol. The molecule has 0 unspecified atom stereocenters. The summed E-state index contributed by atoms with van der Waals surface area (Å²) in [6.45, 7) is 4.42. The fourth-order valence-electron chi connectivity index (χ4n) is 3.56. The molecule has 7 heteroatoms. The number of para-hydroxylation sites is 1. The molecule has 5 nitrogen and oxygen atoms in total. The number of rotatable bonds is 4. The molecule has 3 aromatic carbocycles. The summed E-state index contributed by atoms with van der Waals surface area (Å²) < 4.78 is 28.5. The fraction of sp³-hybridized carbons (Fsp3) is 0.174. The number of benzene rings is 3. The fourth-order valence-corrected chi connectivity index (χ4v) is 5.14. The number of carbonyl (C=O) groups excluding carboxylic acids is 1. The maximum Gasteiger partial charge on any atom is 0.263 e. The van der Waals surface area contributed by atoms with E-state index in [4.69, 9.17) is 11.6 Å². The predicted molar refractivity (Wildman–Crippen MR) is 120 cm³/mol. The van der Waals surface area contributed by atoms with Crippen LogP contribution in [-0.4, -0.2) is 20.9 Å². The van der Waals surface area contributed by atoms with E-state index in [1.165, 1.54) is 12.1 Å². The minimum atomic E-state index is -3.97. The molecule has 1 aliphatic heterocycles. The zero-order valence-corrected chi connectivity index (χ0v) is 18.2. The van der Waals surface area contributed by atoms with E-state index in [9.17, 15) is 13.2 Å². The first-order valence-electron chi connectivity index (χ1n) is 9.56. The molecule has 1 amide bonds. The van der Waals surface area contributed by atoms with E-state index in [1.807, 2.05) is 44.2 Å². The van der Waals surface area contributed by atoms with Crippen LogP contribution in [-0.2, 0) is 16.4 Å². The van der Waals surface area contributed by atoms with Crippen molar-refractivity contribution in [3.8, 4) is 0 Å². The molecule has 1 aliphatic rings. The number of aryl methyl sites for hydroxylation is 2. The van der Waals surface area contributed by atoms with Crippen LogP contribution in [0.2, 0.25) is 5.02 Å². The summed E-state index contributed by atoms with van der Waals surface area (Å²) in [6, 6.07) is 17.4. The van der Waals surface area contributed by atoms with Gasteiger partial charge in [-0.25, -0.2) is 8.42 Å². The first-order chi connectivity index (χ1) is 14.3. The van der Waals surface area contributed by atoms with Gasteiger partial charge in [0.25, 0.3) is 15.9 Å². The van der Waals surface area contributed by atoms with Crippen molar-refractivity contribution >= 4 is 38.9 Å². The molecule has 1 heterocycles. The highest BCUT2D eigenvalue weighted by Crippen LogP contribution is 2.31. The number of sulfonamides is 1. The summed E-state index contributed by atoms with van der Waals surface area (Å²) in [4.78, 5) is 14.7. The van der Waals surface area contributed by atoms with E-state index in [2.05, 4.69) is 4.72 Å². The van der Waals surface area contributed by atoms with Gasteiger partial charge in [0.2, 0.25) is 0 Å². The van der Waals surface area contributed by atoms with Crippen LogP contribution in [0.15, 0.2) is 65.6 Å². The van der Waals surface area contributed by atoms with Gasteiger partial charge in [-0.1, -0.05) is 35.9 Å². The molecule has 30 heavy (non-hydrogen) atoms. The molecular formula is C23H21ClN2O3S. The van der Waals surface area contributed by atoms with Crippen molar-refractivity contribution in [1.29, 1.82) is 0 Å². The summed E-state index contributed by atoms with van der Waals surface area (Å²) in [7, 11) is -3.97. The van der Waals surface area contributed by atoms with Crippen molar-refractivity contribution < 1.29 is 13.2 Å². The standard InChI is InChI=1S/C23H21ClN2O3S/c1-15-7-9-19(13-16(15)2)25-30(28,29)22-14-18(8-10-20(22)24)23(27)26-12-11-17-5-3-4-6-21(17)26/h3-10,13-14,25H,11-12H2,1-2H3. The van der Waals surface area contributed by atoms with Gasteiger partial charge < -0.3 is 4.90 Å². The topological polar surface area (TPSA) is 66.5 Å². The Kier molecular flexibility index (Phi) is 5.30. The van der Waals surface area contributed by atoms with E-state index >= 15 is 0 Å². The van der Waals surface area contributed by atoms with E-state index in [0.717, 1.165) is 28.8 Å². The first kappa shape index (κ1) is 20.4. The summed E-state index contributed by atoms with van der Waals surface area (Å²) in [5.74, 6) is -0.251. The molecule has 1 N–H and O–H groups in total. The zero-order chi connectivity index (χ0) is 21.5. The Labute approximate surface area is 181 Å². The molecule has 0 spiro atoms. The SMILES string of the molecule is Cc1ccc(NS(=O)(=O)c2cc(C(=O)N3CCc4ccccc43)ccc2Cl)cc1C.